The molecule has 1 atom stereocenters. The second kappa shape index (κ2) is 8.32. The molecule has 156 valence electrons. The average molecular weight is 412 g/mol. The molecule has 8 nitrogen and oxygen atoms in total. The zero-order chi connectivity index (χ0) is 21.9. The minimum Gasteiger partial charge on any atom is -0.326 e. The molecule has 3 rings (SSSR count). The molecule has 0 unspecified atom stereocenters. The number of rotatable bonds is 6. The summed E-state index contributed by atoms with van der Waals surface area (Å²) in [6, 6.07) is 11.1. The van der Waals surface area contributed by atoms with Gasteiger partial charge in [-0.15, -0.1) is 0 Å². The molecule has 0 spiro atoms. The van der Waals surface area contributed by atoms with Gasteiger partial charge in [0.2, 0.25) is 11.8 Å². The molecule has 0 aliphatic carbocycles. The highest BCUT2D eigenvalue weighted by Gasteiger charge is 2.51. The molecule has 3 N–H and O–H groups in total. The van der Waals surface area contributed by atoms with Crippen molar-refractivity contribution in [3.8, 4) is 0 Å². The molecule has 1 aliphatic heterocycles. The highest BCUT2D eigenvalue weighted by atomic mass is 19.1. The Morgan fingerprint density at radius 2 is 1.70 bits per heavy atom. The van der Waals surface area contributed by atoms with Gasteiger partial charge in [0, 0.05) is 18.3 Å². The Labute approximate surface area is 172 Å². The van der Waals surface area contributed by atoms with Crippen molar-refractivity contribution >= 4 is 35.1 Å². The third-order valence-electron chi connectivity index (χ3n) is 4.81. The number of urea groups is 1. The Morgan fingerprint density at radius 1 is 1.07 bits per heavy atom. The van der Waals surface area contributed by atoms with E-state index in [2.05, 4.69) is 16.0 Å². The van der Waals surface area contributed by atoms with Crippen LogP contribution in [0.5, 0.6) is 0 Å². The zero-order valence-electron chi connectivity index (χ0n) is 16.5. The van der Waals surface area contributed by atoms with Crippen LogP contribution < -0.4 is 16.0 Å². The van der Waals surface area contributed by atoms with Crippen LogP contribution in [0.25, 0.3) is 0 Å². The van der Waals surface area contributed by atoms with Gasteiger partial charge in [0.25, 0.3) is 5.91 Å². The number of anilines is 2. The van der Waals surface area contributed by atoms with Gasteiger partial charge < -0.3 is 16.0 Å². The Balaban J connectivity index is 1.74. The van der Waals surface area contributed by atoms with Gasteiger partial charge in [0.1, 0.15) is 17.9 Å². The Bertz CT molecular complexity index is 1010. The lowest BCUT2D eigenvalue weighted by molar-refractivity contribution is -0.134. The van der Waals surface area contributed by atoms with Gasteiger partial charge in [0.05, 0.1) is 0 Å². The number of halogens is 1. The number of hydrogen-bond donors (Lipinski definition) is 3. The highest BCUT2D eigenvalue weighted by molar-refractivity contribution is 6.10. The first kappa shape index (κ1) is 21.0. The summed E-state index contributed by atoms with van der Waals surface area (Å²) in [5.41, 5.74) is -0.0120. The Kier molecular flexibility index (Phi) is 5.81. The van der Waals surface area contributed by atoms with E-state index in [-0.39, 0.29) is 12.3 Å². The minimum absolute atomic E-state index is 0.236. The largest absolute Gasteiger partial charge is 0.326 e. The number of carbonyl (C=O) groups excluding carboxylic acids is 4. The average Bonchev–Trinajstić information content (AvgIpc) is 2.93. The van der Waals surface area contributed by atoms with Crippen molar-refractivity contribution < 1.29 is 23.6 Å². The van der Waals surface area contributed by atoms with Gasteiger partial charge in [-0.05, 0) is 42.3 Å². The van der Waals surface area contributed by atoms with Crippen molar-refractivity contribution in [3.05, 3.63) is 59.9 Å². The summed E-state index contributed by atoms with van der Waals surface area (Å²) in [7, 11) is 0. The predicted octanol–water partition coefficient (Wildman–Crippen LogP) is 2.58. The van der Waals surface area contributed by atoms with E-state index >= 15 is 0 Å². The van der Waals surface area contributed by atoms with Gasteiger partial charge in [-0.2, -0.15) is 0 Å². The van der Waals surface area contributed by atoms with E-state index in [1.165, 1.54) is 31.2 Å². The molecule has 5 amide bonds. The predicted molar refractivity (Wildman–Crippen MR) is 108 cm³/mol. The summed E-state index contributed by atoms with van der Waals surface area (Å²) in [5, 5.41) is 7.84. The number of hydrogen-bond acceptors (Lipinski definition) is 4. The van der Waals surface area contributed by atoms with Gasteiger partial charge in [-0.3, -0.25) is 19.3 Å². The summed E-state index contributed by atoms with van der Waals surface area (Å²) in [6.07, 6.45) is 0.236. The topological polar surface area (TPSA) is 108 Å². The molecule has 9 heteroatoms. The van der Waals surface area contributed by atoms with Crippen molar-refractivity contribution in [2.24, 2.45) is 0 Å². The molecule has 1 fully saturated rings. The van der Waals surface area contributed by atoms with Crippen LogP contribution in [-0.4, -0.2) is 35.2 Å². The molecule has 1 aliphatic rings. The maximum atomic E-state index is 13.3. The summed E-state index contributed by atoms with van der Waals surface area (Å²) in [5.74, 6) is -1.87. The molecule has 0 saturated carbocycles. The lowest BCUT2D eigenvalue weighted by Gasteiger charge is -2.25. The van der Waals surface area contributed by atoms with E-state index in [9.17, 15) is 23.6 Å². The fraction of sp³-hybridized carbons (Fsp3) is 0.238. The first-order chi connectivity index (χ1) is 14.2. The van der Waals surface area contributed by atoms with Crippen molar-refractivity contribution in [2.45, 2.75) is 25.8 Å². The lowest BCUT2D eigenvalue weighted by atomic mass is 9.87. The quantitative estimate of drug-likeness (QED) is 0.634. The number of carbonyl (C=O) groups is 4. The molecule has 2 aromatic carbocycles. The third kappa shape index (κ3) is 4.14. The second-order valence-corrected chi connectivity index (χ2v) is 6.90. The molecule has 2 aromatic rings. The van der Waals surface area contributed by atoms with Crippen molar-refractivity contribution in [2.75, 3.05) is 17.2 Å². The smallest absolute Gasteiger partial charge is 0.325 e. The molecular weight excluding hydrogens is 391 g/mol. The van der Waals surface area contributed by atoms with E-state index in [1.807, 2.05) is 0 Å². The van der Waals surface area contributed by atoms with Gasteiger partial charge in [0.15, 0.2) is 0 Å². The molecule has 0 aromatic heterocycles. The zero-order valence-corrected chi connectivity index (χ0v) is 16.5. The molecule has 30 heavy (non-hydrogen) atoms. The third-order valence-corrected chi connectivity index (χ3v) is 4.81. The first-order valence-electron chi connectivity index (χ1n) is 9.33. The van der Waals surface area contributed by atoms with Crippen LogP contribution in [0.2, 0.25) is 0 Å². The Morgan fingerprint density at radius 3 is 2.30 bits per heavy atom. The SMILES string of the molecule is CC[C@@]1(c2ccc(F)cc2)NC(=O)N(CC(=O)Nc2cccc(NC(C)=O)c2)C1=O. The van der Waals surface area contributed by atoms with Crippen LogP contribution >= 0.6 is 0 Å². The summed E-state index contributed by atoms with van der Waals surface area (Å²) in [6.45, 7) is 2.60. The maximum Gasteiger partial charge on any atom is 0.325 e. The summed E-state index contributed by atoms with van der Waals surface area (Å²) < 4.78 is 13.3. The molecular formula is C21H21FN4O4. The van der Waals surface area contributed by atoms with Gasteiger partial charge in [-0.25, -0.2) is 9.18 Å². The Hall–Kier alpha value is -3.75. The van der Waals surface area contributed by atoms with E-state index in [1.54, 1.807) is 31.2 Å². The summed E-state index contributed by atoms with van der Waals surface area (Å²) >= 11 is 0. The monoisotopic (exact) mass is 412 g/mol. The van der Waals surface area contributed by atoms with Crippen LogP contribution in [0.1, 0.15) is 25.8 Å². The molecule has 1 heterocycles. The van der Waals surface area contributed by atoms with E-state index in [4.69, 9.17) is 0 Å². The standard InChI is InChI=1S/C21H21FN4O4/c1-3-21(14-7-9-15(22)10-8-14)19(29)26(20(30)25-21)12-18(28)24-17-6-4-5-16(11-17)23-13(2)27/h4-11H,3,12H2,1-2H3,(H,23,27)(H,24,28)(H,25,30)/t21-/m0/s1. The van der Waals surface area contributed by atoms with Crippen LogP contribution in [0.3, 0.4) is 0 Å². The minimum atomic E-state index is -1.35. The van der Waals surface area contributed by atoms with Crippen LogP contribution in [-0.2, 0) is 19.9 Å². The number of nitrogens with zero attached hydrogens (tertiary/aromatic N) is 1. The van der Waals surface area contributed by atoms with Crippen molar-refractivity contribution in [1.29, 1.82) is 0 Å². The van der Waals surface area contributed by atoms with Crippen LogP contribution in [0, 0.1) is 5.82 Å². The fourth-order valence-corrected chi connectivity index (χ4v) is 3.37. The molecule has 0 bridgehead atoms. The highest BCUT2D eigenvalue weighted by Crippen LogP contribution is 2.32. The second-order valence-electron chi connectivity index (χ2n) is 6.90. The van der Waals surface area contributed by atoms with Gasteiger partial charge >= 0.3 is 6.03 Å². The normalized spacial score (nSPS) is 18.2. The maximum absolute atomic E-state index is 13.3. The van der Waals surface area contributed by atoms with E-state index in [0.717, 1.165) is 4.90 Å². The first-order valence-corrected chi connectivity index (χ1v) is 9.33. The fourth-order valence-electron chi connectivity index (χ4n) is 3.37. The van der Waals surface area contributed by atoms with Gasteiger partial charge in [-0.1, -0.05) is 25.1 Å². The van der Waals surface area contributed by atoms with E-state index in [0.29, 0.717) is 16.9 Å². The number of nitrogens with one attached hydrogen (secondary N) is 3. The number of benzene rings is 2. The molecule has 0 radical (unpaired) electrons. The van der Waals surface area contributed by atoms with E-state index < -0.39 is 35.7 Å². The lowest BCUT2D eigenvalue weighted by Crippen LogP contribution is -2.44. The van der Waals surface area contributed by atoms with Crippen molar-refractivity contribution in [1.82, 2.24) is 10.2 Å². The van der Waals surface area contributed by atoms with Crippen LogP contribution in [0.15, 0.2) is 48.5 Å². The van der Waals surface area contributed by atoms with Crippen LogP contribution in [0.4, 0.5) is 20.6 Å². The molecule has 1 saturated heterocycles. The number of imide groups is 1. The number of amides is 5. The summed E-state index contributed by atoms with van der Waals surface area (Å²) in [4.78, 5) is 49.9. The van der Waals surface area contributed by atoms with Crippen molar-refractivity contribution in [3.63, 3.8) is 0 Å².